The van der Waals surface area contributed by atoms with Crippen LogP contribution in [0.4, 0.5) is 5.82 Å². The molecule has 1 radical (unpaired) electrons. The zero-order chi connectivity index (χ0) is 16.2. The number of pyridine rings is 1. The molecule has 0 saturated carbocycles. The van der Waals surface area contributed by atoms with Gasteiger partial charge < -0.3 is 10.2 Å². The van der Waals surface area contributed by atoms with Crippen LogP contribution in [0.1, 0.15) is 42.2 Å². The van der Waals surface area contributed by atoms with Gasteiger partial charge in [0.25, 0.3) is 5.91 Å². The van der Waals surface area contributed by atoms with E-state index in [0.717, 1.165) is 55.5 Å². The first-order valence-corrected chi connectivity index (χ1v) is 8.37. The van der Waals surface area contributed by atoms with Crippen LogP contribution in [-0.2, 0) is 0 Å². The summed E-state index contributed by atoms with van der Waals surface area (Å²) in [5, 5.41) is 2.99. The number of allylic oxidation sites excluding steroid dienone is 3. The number of amides is 1. The maximum absolute atomic E-state index is 12.7. The van der Waals surface area contributed by atoms with Gasteiger partial charge in [0.2, 0.25) is 0 Å². The third-order valence-electron chi connectivity index (χ3n) is 4.49. The zero-order valence-electron chi connectivity index (χ0n) is 13.9. The molecule has 3 rings (SSSR count). The van der Waals surface area contributed by atoms with Gasteiger partial charge in [0.1, 0.15) is 5.82 Å². The second kappa shape index (κ2) is 6.99. The van der Waals surface area contributed by atoms with Crippen LogP contribution in [0.3, 0.4) is 0 Å². The summed E-state index contributed by atoms with van der Waals surface area (Å²) in [7, 11) is 0. The molecule has 2 heterocycles. The Hall–Kier alpha value is -2.10. The molecule has 1 amide bonds. The van der Waals surface area contributed by atoms with Crippen LogP contribution in [0.15, 0.2) is 36.1 Å². The van der Waals surface area contributed by atoms with Crippen LogP contribution in [0.5, 0.6) is 0 Å². The number of anilines is 1. The Balaban J connectivity index is 1.82. The van der Waals surface area contributed by atoms with E-state index in [2.05, 4.69) is 28.5 Å². The van der Waals surface area contributed by atoms with Gasteiger partial charge in [-0.1, -0.05) is 19.1 Å². The van der Waals surface area contributed by atoms with Crippen LogP contribution in [0, 0.1) is 19.3 Å². The highest BCUT2D eigenvalue weighted by Gasteiger charge is 2.22. The van der Waals surface area contributed by atoms with E-state index in [1.54, 1.807) is 0 Å². The van der Waals surface area contributed by atoms with E-state index < -0.39 is 0 Å². The van der Waals surface area contributed by atoms with Crippen molar-refractivity contribution in [3.8, 4) is 0 Å². The van der Waals surface area contributed by atoms with Crippen molar-refractivity contribution in [1.82, 2.24) is 10.3 Å². The molecule has 1 aliphatic carbocycles. The number of hydrogen-bond donors (Lipinski definition) is 1. The fourth-order valence-corrected chi connectivity index (χ4v) is 2.99. The molecule has 1 saturated heterocycles. The molecule has 4 nitrogen and oxygen atoms in total. The molecule has 0 unspecified atom stereocenters. The molecule has 1 aromatic rings. The molecule has 1 fully saturated rings. The molecule has 1 aliphatic heterocycles. The lowest BCUT2D eigenvalue weighted by atomic mass is 9.99. The van der Waals surface area contributed by atoms with Gasteiger partial charge in [-0.3, -0.25) is 4.79 Å². The minimum Gasteiger partial charge on any atom is -0.356 e. The highest BCUT2D eigenvalue weighted by Crippen LogP contribution is 2.25. The quantitative estimate of drug-likeness (QED) is 0.930. The first-order valence-electron chi connectivity index (χ1n) is 8.37. The number of aryl methyl sites for hydroxylation is 1. The average Bonchev–Trinajstić information content (AvgIpc) is 2.56. The number of rotatable bonds is 3. The van der Waals surface area contributed by atoms with Gasteiger partial charge in [0, 0.05) is 24.5 Å². The lowest BCUT2D eigenvalue weighted by molar-refractivity contribution is 0.0967. The van der Waals surface area contributed by atoms with Gasteiger partial charge in [-0.25, -0.2) is 4.98 Å². The Kier molecular flexibility index (Phi) is 4.79. The van der Waals surface area contributed by atoms with E-state index >= 15 is 0 Å². The van der Waals surface area contributed by atoms with Crippen LogP contribution < -0.4 is 10.2 Å². The number of carbonyl (C=O) groups is 1. The summed E-state index contributed by atoms with van der Waals surface area (Å²) in [5.74, 6) is 1.49. The fraction of sp³-hybridized carbons (Fsp3) is 0.421. The SMILES string of the molecule is Cc1ccc(C(=O)NC2=CC[CH]C=C2)c(N2CCC(C)CC2)n1. The lowest BCUT2D eigenvalue weighted by Crippen LogP contribution is -2.35. The Morgan fingerprint density at radius 1 is 1.30 bits per heavy atom. The minimum absolute atomic E-state index is 0.0797. The minimum atomic E-state index is -0.0797. The molecule has 1 N–H and O–H groups in total. The van der Waals surface area contributed by atoms with Crippen LogP contribution >= 0.6 is 0 Å². The highest BCUT2D eigenvalue weighted by atomic mass is 16.1. The number of nitrogens with one attached hydrogen (secondary N) is 1. The first-order chi connectivity index (χ1) is 11.1. The van der Waals surface area contributed by atoms with E-state index in [-0.39, 0.29) is 5.91 Å². The molecule has 0 bridgehead atoms. The lowest BCUT2D eigenvalue weighted by Gasteiger charge is -2.32. The Morgan fingerprint density at radius 3 is 2.78 bits per heavy atom. The number of nitrogens with zero attached hydrogens (tertiary/aromatic N) is 2. The molecule has 0 spiro atoms. The molecule has 1 aromatic heterocycles. The molecule has 0 atom stereocenters. The number of carbonyl (C=O) groups excluding carboxylic acids is 1. The number of hydrogen-bond acceptors (Lipinski definition) is 3. The van der Waals surface area contributed by atoms with Crippen molar-refractivity contribution in [2.75, 3.05) is 18.0 Å². The van der Waals surface area contributed by atoms with Gasteiger partial charge in [0.15, 0.2) is 0 Å². The van der Waals surface area contributed by atoms with Gasteiger partial charge in [0.05, 0.1) is 5.56 Å². The normalized spacial score (nSPS) is 18.7. The zero-order valence-corrected chi connectivity index (χ0v) is 13.9. The maximum atomic E-state index is 12.7. The molecule has 2 aliphatic rings. The van der Waals surface area contributed by atoms with Gasteiger partial charge >= 0.3 is 0 Å². The van der Waals surface area contributed by atoms with Crippen molar-refractivity contribution in [2.45, 2.75) is 33.1 Å². The van der Waals surface area contributed by atoms with Gasteiger partial charge in [-0.2, -0.15) is 0 Å². The number of aromatic nitrogens is 1. The standard InChI is InChI=1S/C19H24N3O/c1-14-10-12-22(13-11-14)18-17(9-8-15(2)20-18)19(23)21-16-6-4-3-5-7-16/h3-4,6-9,14H,5,10-13H2,1-2H3,(H,21,23). The van der Waals surface area contributed by atoms with Gasteiger partial charge in [-0.05, 0) is 56.7 Å². The van der Waals surface area contributed by atoms with Crippen molar-refractivity contribution in [3.05, 3.63) is 53.7 Å². The van der Waals surface area contributed by atoms with Crippen LogP contribution in [0.2, 0.25) is 0 Å². The average molecular weight is 310 g/mol. The predicted octanol–water partition coefficient (Wildman–Crippen LogP) is 3.40. The number of piperidine rings is 1. The molecular formula is C19H24N3O. The predicted molar refractivity (Wildman–Crippen MR) is 93.2 cm³/mol. The van der Waals surface area contributed by atoms with E-state index in [1.807, 2.05) is 37.3 Å². The summed E-state index contributed by atoms with van der Waals surface area (Å²) in [5.41, 5.74) is 2.46. The molecule has 23 heavy (non-hydrogen) atoms. The van der Waals surface area contributed by atoms with E-state index in [9.17, 15) is 4.79 Å². The Morgan fingerprint density at radius 2 is 2.09 bits per heavy atom. The molecule has 0 aromatic carbocycles. The summed E-state index contributed by atoms with van der Waals surface area (Å²) in [6.45, 7) is 6.19. The summed E-state index contributed by atoms with van der Waals surface area (Å²) in [6, 6.07) is 3.80. The van der Waals surface area contributed by atoms with Crippen molar-refractivity contribution in [3.63, 3.8) is 0 Å². The largest absolute Gasteiger partial charge is 0.356 e. The molecule has 121 valence electrons. The van der Waals surface area contributed by atoms with Crippen LogP contribution in [0.25, 0.3) is 0 Å². The maximum Gasteiger partial charge on any atom is 0.259 e. The van der Waals surface area contributed by atoms with Crippen molar-refractivity contribution >= 4 is 11.7 Å². The summed E-state index contributed by atoms with van der Waals surface area (Å²) in [6.07, 6.45) is 11.1. The van der Waals surface area contributed by atoms with E-state index in [1.165, 1.54) is 0 Å². The van der Waals surface area contributed by atoms with E-state index in [4.69, 9.17) is 0 Å². The third-order valence-corrected chi connectivity index (χ3v) is 4.49. The van der Waals surface area contributed by atoms with Gasteiger partial charge in [-0.15, -0.1) is 0 Å². The van der Waals surface area contributed by atoms with Crippen molar-refractivity contribution in [1.29, 1.82) is 0 Å². The summed E-state index contributed by atoms with van der Waals surface area (Å²) >= 11 is 0. The van der Waals surface area contributed by atoms with Crippen LogP contribution in [-0.4, -0.2) is 24.0 Å². The Bertz CT molecular complexity index is 640. The first kappa shape index (κ1) is 15.8. The summed E-state index contributed by atoms with van der Waals surface area (Å²) in [4.78, 5) is 19.6. The monoisotopic (exact) mass is 310 g/mol. The second-order valence-corrected chi connectivity index (χ2v) is 6.44. The summed E-state index contributed by atoms with van der Waals surface area (Å²) < 4.78 is 0. The fourth-order valence-electron chi connectivity index (χ4n) is 2.99. The molecule has 4 heteroatoms. The Labute approximate surface area is 138 Å². The van der Waals surface area contributed by atoms with Crippen molar-refractivity contribution < 1.29 is 4.79 Å². The topological polar surface area (TPSA) is 45.2 Å². The van der Waals surface area contributed by atoms with E-state index in [0.29, 0.717) is 5.56 Å². The molecular weight excluding hydrogens is 286 g/mol. The van der Waals surface area contributed by atoms with Crippen molar-refractivity contribution in [2.24, 2.45) is 5.92 Å². The third kappa shape index (κ3) is 3.81. The highest BCUT2D eigenvalue weighted by molar-refractivity contribution is 6.00. The second-order valence-electron chi connectivity index (χ2n) is 6.44. The smallest absolute Gasteiger partial charge is 0.259 e.